The van der Waals surface area contributed by atoms with E-state index in [1.54, 1.807) is 4.90 Å². The van der Waals surface area contributed by atoms with Crippen LogP contribution in [0.15, 0.2) is 101 Å². The summed E-state index contributed by atoms with van der Waals surface area (Å²) in [6, 6.07) is 28.4. The standard InChI is InChI=1S/C28H25N3O2S/c1-2-33-18-17-31-27(32)26(34-28(31)29-23-11-4-3-5-12-23)20-24-13-8-16-30(24)25-15-14-21-9-6-7-10-22(21)19-25/h3-16,19-20H,2,17-18H2,1H3/b26-20-,29-28?. The molecule has 1 aliphatic rings. The van der Waals surface area contributed by atoms with Gasteiger partial charge in [-0.3, -0.25) is 9.69 Å². The van der Waals surface area contributed by atoms with Crippen molar-refractivity contribution in [2.75, 3.05) is 19.8 Å². The van der Waals surface area contributed by atoms with Crippen LogP contribution < -0.4 is 0 Å². The summed E-state index contributed by atoms with van der Waals surface area (Å²) in [7, 11) is 0. The normalized spacial score (nSPS) is 16.3. The lowest BCUT2D eigenvalue weighted by molar-refractivity contribution is -0.122. The van der Waals surface area contributed by atoms with Gasteiger partial charge in [-0.2, -0.15) is 0 Å². The Morgan fingerprint density at radius 2 is 1.74 bits per heavy atom. The quantitative estimate of drug-likeness (QED) is 0.238. The number of amides is 1. The molecule has 4 aromatic rings. The molecular weight excluding hydrogens is 442 g/mol. The third-order valence-corrected chi connectivity index (χ3v) is 6.61. The maximum Gasteiger partial charge on any atom is 0.266 e. The number of thioether (sulfide) groups is 1. The zero-order valence-corrected chi connectivity index (χ0v) is 19.7. The van der Waals surface area contributed by atoms with E-state index in [0.29, 0.717) is 29.8 Å². The van der Waals surface area contributed by atoms with Gasteiger partial charge in [0.2, 0.25) is 0 Å². The second-order valence-electron chi connectivity index (χ2n) is 7.83. The van der Waals surface area contributed by atoms with Crippen LogP contribution in [-0.2, 0) is 9.53 Å². The Labute approximate surface area is 203 Å². The molecule has 0 bridgehead atoms. The summed E-state index contributed by atoms with van der Waals surface area (Å²) < 4.78 is 7.62. The summed E-state index contributed by atoms with van der Waals surface area (Å²) in [4.78, 5) is 20.4. The fraction of sp³-hybridized carbons (Fsp3) is 0.143. The van der Waals surface area contributed by atoms with Crippen LogP contribution in [0.2, 0.25) is 0 Å². The van der Waals surface area contributed by atoms with E-state index in [9.17, 15) is 4.79 Å². The van der Waals surface area contributed by atoms with Gasteiger partial charge in [-0.1, -0.05) is 48.5 Å². The van der Waals surface area contributed by atoms with Gasteiger partial charge in [0.15, 0.2) is 5.17 Å². The number of fused-ring (bicyclic) bond motifs is 1. The van der Waals surface area contributed by atoms with Crippen LogP contribution in [0.4, 0.5) is 5.69 Å². The predicted molar refractivity (Wildman–Crippen MR) is 141 cm³/mol. The number of carbonyl (C=O) groups is 1. The smallest absolute Gasteiger partial charge is 0.266 e. The lowest BCUT2D eigenvalue weighted by atomic mass is 10.1. The molecule has 5 rings (SSSR count). The summed E-state index contributed by atoms with van der Waals surface area (Å²) >= 11 is 1.40. The molecule has 1 aromatic heterocycles. The molecule has 5 nitrogen and oxygen atoms in total. The molecule has 3 aromatic carbocycles. The van der Waals surface area contributed by atoms with Gasteiger partial charge in [0.1, 0.15) is 0 Å². The average Bonchev–Trinajstić information content (AvgIpc) is 3.45. The molecule has 34 heavy (non-hydrogen) atoms. The molecule has 0 N–H and O–H groups in total. The van der Waals surface area contributed by atoms with Crippen molar-refractivity contribution >= 4 is 45.4 Å². The molecule has 0 spiro atoms. The van der Waals surface area contributed by atoms with Gasteiger partial charge in [0.25, 0.3) is 5.91 Å². The van der Waals surface area contributed by atoms with E-state index in [2.05, 4.69) is 34.9 Å². The van der Waals surface area contributed by atoms with E-state index in [1.165, 1.54) is 22.5 Å². The number of benzene rings is 3. The van der Waals surface area contributed by atoms with Crippen molar-refractivity contribution in [3.8, 4) is 5.69 Å². The van der Waals surface area contributed by atoms with Gasteiger partial charge in [0.05, 0.1) is 23.7 Å². The lowest BCUT2D eigenvalue weighted by Gasteiger charge is -2.15. The number of aliphatic imine (C=N–C) groups is 1. The minimum atomic E-state index is -0.0503. The van der Waals surface area contributed by atoms with E-state index in [4.69, 9.17) is 9.73 Å². The van der Waals surface area contributed by atoms with Gasteiger partial charge >= 0.3 is 0 Å². The molecule has 0 atom stereocenters. The predicted octanol–water partition coefficient (Wildman–Crippen LogP) is 6.27. The Balaban J connectivity index is 1.48. The largest absolute Gasteiger partial charge is 0.380 e. The van der Waals surface area contributed by atoms with Crippen molar-refractivity contribution in [1.29, 1.82) is 0 Å². The maximum absolute atomic E-state index is 13.3. The fourth-order valence-electron chi connectivity index (χ4n) is 3.91. The highest BCUT2D eigenvalue weighted by molar-refractivity contribution is 8.18. The van der Waals surface area contributed by atoms with Gasteiger partial charge in [0, 0.05) is 24.2 Å². The van der Waals surface area contributed by atoms with Gasteiger partial charge < -0.3 is 9.30 Å². The summed E-state index contributed by atoms with van der Waals surface area (Å²) in [5.74, 6) is -0.0503. The third kappa shape index (κ3) is 4.69. The molecule has 2 heterocycles. The Kier molecular flexibility index (Phi) is 6.60. The summed E-state index contributed by atoms with van der Waals surface area (Å²) in [5, 5.41) is 3.05. The summed E-state index contributed by atoms with van der Waals surface area (Å²) in [6.07, 6.45) is 3.97. The molecule has 1 fully saturated rings. The summed E-state index contributed by atoms with van der Waals surface area (Å²) in [6.45, 7) is 3.50. The molecule has 1 aliphatic heterocycles. The van der Waals surface area contributed by atoms with Crippen molar-refractivity contribution in [3.63, 3.8) is 0 Å². The van der Waals surface area contributed by atoms with Crippen LogP contribution in [-0.4, -0.2) is 40.3 Å². The monoisotopic (exact) mass is 467 g/mol. The minimum absolute atomic E-state index is 0.0503. The number of amidine groups is 1. The Morgan fingerprint density at radius 3 is 2.56 bits per heavy atom. The van der Waals surface area contributed by atoms with Crippen LogP contribution >= 0.6 is 11.8 Å². The zero-order chi connectivity index (χ0) is 23.3. The number of carbonyl (C=O) groups excluding carboxylic acids is 1. The molecule has 1 saturated heterocycles. The molecular formula is C28H25N3O2S. The van der Waals surface area contributed by atoms with Crippen LogP contribution in [0, 0.1) is 0 Å². The number of ether oxygens (including phenoxy) is 1. The summed E-state index contributed by atoms with van der Waals surface area (Å²) in [5.41, 5.74) is 2.81. The van der Waals surface area contributed by atoms with E-state index < -0.39 is 0 Å². The van der Waals surface area contributed by atoms with Crippen LogP contribution in [0.5, 0.6) is 0 Å². The highest BCUT2D eigenvalue weighted by atomic mass is 32.2. The number of hydrogen-bond acceptors (Lipinski definition) is 4. The van der Waals surface area contributed by atoms with E-state index in [-0.39, 0.29) is 5.91 Å². The first-order chi connectivity index (χ1) is 16.7. The maximum atomic E-state index is 13.3. The van der Waals surface area contributed by atoms with E-state index >= 15 is 0 Å². The number of hydrogen-bond donors (Lipinski definition) is 0. The van der Waals surface area contributed by atoms with Crippen molar-refractivity contribution in [3.05, 3.63) is 102 Å². The molecule has 0 unspecified atom stereocenters. The van der Waals surface area contributed by atoms with Crippen molar-refractivity contribution in [2.24, 2.45) is 4.99 Å². The van der Waals surface area contributed by atoms with Gasteiger partial charge in [-0.05, 0) is 71.9 Å². The molecule has 0 aliphatic carbocycles. The lowest BCUT2D eigenvalue weighted by Crippen LogP contribution is -2.32. The molecule has 170 valence electrons. The van der Waals surface area contributed by atoms with Crippen molar-refractivity contribution < 1.29 is 9.53 Å². The highest BCUT2D eigenvalue weighted by Crippen LogP contribution is 2.34. The Hall–Kier alpha value is -3.61. The van der Waals surface area contributed by atoms with Crippen LogP contribution in [0.3, 0.4) is 0 Å². The van der Waals surface area contributed by atoms with Crippen LogP contribution in [0.1, 0.15) is 12.6 Å². The average molecular weight is 468 g/mol. The fourth-order valence-corrected chi connectivity index (χ4v) is 4.92. The molecule has 6 heteroatoms. The number of nitrogens with zero attached hydrogens (tertiary/aromatic N) is 3. The molecule has 0 saturated carbocycles. The van der Waals surface area contributed by atoms with E-state index in [1.807, 2.05) is 73.8 Å². The number of para-hydroxylation sites is 1. The first-order valence-corrected chi connectivity index (χ1v) is 12.1. The van der Waals surface area contributed by atoms with Gasteiger partial charge in [-0.25, -0.2) is 4.99 Å². The van der Waals surface area contributed by atoms with Crippen LogP contribution in [0.25, 0.3) is 22.5 Å². The zero-order valence-electron chi connectivity index (χ0n) is 18.9. The van der Waals surface area contributed by atoms with Gasteiger partial charge in [-0.15, -0.1) is 0 Å². The second-order valence-corrected chi connectivity index (χ2v) is 8.84. The van der Waals surface area contributed by atoms with E-state index in [0.717, 1.165) is 17.1 Å². The first-order valence-electron chi connectivity index (χ1n) is 11.3. The highest BCUT2D eigenvalue weighted by Gasteiger charge is 2.33. The SMILES string of the molecule is CCOCCN1C(=O)/C(=C/c2cccn2-c2ccc3ccccc3c2)SC1=Nc1ccccc1. The Morgan fingerprint density at radius 1 is 0.941 bits per heavy atom. The Bertz CT molecular complexity index is 1370. The van der Waals surface area contributed by atoms with Crippen molar-refractivity contribution in [2.45, 2.75) is 6.92 Å². The minimum Gasteiger partial charge on any atom is -0.380 e. The van der Waals surface area contributed by atoms with Crippen molar-refractivity contribution in [1.82, 2.24) is 9.47 Å². The second kappa shape index (κ2) is 10.1. The number of rotatable bonds is 7. The topological polar surface area (TPSA) is 46.8 Å². The molecule has 0 radical (unpaired) electrons. The molecule has 1 amide bonds. The number of aromatic nitrogens is 1. The third-order valence-electron chi connectivity index (χ3n) is 5.60. The first kappa shape index (κ1) is 22.2.